The number of halogens is 1. The van der Waals surface area contributed by atoms with Crippen LogP contribution in [0.2, 0.25) is 0 Å². The number of hydrogen-bond acceptors (Lipinski definition) is 1. The van der Waals surface area contributed by atoms with Gasteiger partial charge in [-0.25, -0.2) is 0 Å². The summed E-state index contributed by atoms with van der Waals surface area (Å²) in [6.07, 6.45) is 5.16. The highest BCUT2D eigenvalue weighted by atomic mass is 35.5. The monoisotopic (exact) mass is 293 g/mol. The summed E-state index contributed by atoms with van der Waals surface area (Å²) in [6.45, 7) is 9.03. The molecule has 1 aromatic rings. The van der Waals surface area contributed by atoms with Gasteiger partial charge in [0.15, 0.2) is 0 Å². The van der Waals surface area contributed by atoms with Crippen molar-refractivity contribution in [3.63, 3.8) is 0 Å². The highest BCUT2D eigenvalue weighted by Gasteiger charge is 2.21. The first-order chi connectivity index (χ1) is 9.56. The third kappa shape index (κ3) is 4.49. The van der Waals surface area contributed by atoms with E-state index in [1.54, 1.807) is 0 Å². The first kappa shape index (κ1) is 15.9. The van der Waals surface area contributed by atoms with E-state index in [-0.39, 0.29) is 5.38 Å². The quantitative estimate of drug-likeness (QED) is 0.688. The Labute approximate surface area is 129 Å². The average Bonchev–Trinajstić information content (AvgIpc) is 2.41. The molecule has 2 rings (SSSR count). The van der Waals surface area contributed by atoms with E-state index < -0.39 is 0 Å². The highest BCUT2D eigenvalue weighted by molar-refractivity contribution is 6.21. The highest BCUT2D eigenvalue weighted by Crippen LogP contribution is 2.26. The van der Waals surface area contributed by atoms with Crippen LogP contribution in [0.15, 0.2) is 24.3 Å². The maximum absolute atomic E-state index is 6.62. The van der Waals surface area contributed by atoms with Crippen molar-refractivity contribution in [2.24, 2.45) is 5.92 Å². The number of hydrogen-bond donors (Lipinski definition) is 0. The summed E-state index contributed by atoms with van der Waals surface area (Å²) in [5.74, 6) is 0.710. The molecule has 0 bridgehead atoms. The fraction of sp³-hybridized carbons (Fsp3) is 0.667. The molecule has 1 aromatic carbocycles. The van der Waals surface area contributed by atoms with Crippen molar-refractivity contribution >= 4 is 11.6 Å². The molecule has 20 heavy (non-hydrogen) atoms. The number of piperidine rings is 1. The maximum atomic E-state index is 6.62. The van der Waals surface area contributed by atoms with Crippen LogP contribution in [0.1, 0.15) is 56.5 Å². The van der Waals surface area contributed by atoms with Crippen LogP contribution in [0, 0.1) is 5.92 Å². The lowest BCUT2D eigenvalue weighted by atomic mass is 10.00. The number of benzene rings is 1. The Bertz CT molecular complexity index is 398. The van der Waals surface area contributed by atoms with E-state index in [2.05, 4.69) is 49.9 Å². The summed E-state index contributed by atoms with van der Waals surface area (Å²) in [5, 5.41) is 0.114. The third-order valence-electron chi connectivity index (χ3n) is 4.32. The van der Waals surface area contributed by atoms with Crippen molar-refractivity contribution < 1.29 is 0 Å². The van der Waals surface area contributed by atoms with Gasteiger partial charge in [-0.1, -0.05) is 44.5 Å². The molecule has 1 aliphatic heterocycles. The summed E-state index contributed by atoms with van der Waals surface area (Å²) in [7, 11) is 0. The minimum atomic E-state index is 0.114. The molecule has 0 amide bonds. The van der Waals surface area contributed by atoms with E-state index in [9.17, 15) is 0 Å². The van der Waals surface area contributed by atoms with E-state index >= 15 is 0 Å². The van der Waals surface area contributed by atoms with Crippen molar-refractivity contribution in [2.75, 3.05) is 13.1 Å². The van der Waals surface area contributed by atoms with Gasteiger partial charge in [-0.15, -0.1) is 11.6 Å². The van der Waals surface area contributed by atoms with E-state index in [4.69, 9.17) is 11.6 Å². The predicted octanol–water partition coefficient (Wildman–Crippen LogP) is 5.04. The van der Waals surface area contributed by atoms with E-state index in [0.29, 0.717) is 12.0 Å². The van der Waals surface area contributed by atoms with Gasteiger partial charge in [0.2, 0.25) is 0 Å². The number of alkyl halides is 1. The van der Waals surface area contributed by atoms with Crippen LogP contribution < -0.4 is 0 Å². The molecule has 0 saturated carbocycles. The zero-order valence-electron chi connectivity index (χ0n) is 13.1. The number of likely N-dealkylation sites (tertiary alicyclic amines) is 1. The van der Waals surface area contributed by atoms with Crippen LogP contribution in [-0.2, 0) is 6.42 Å². The van der Waals surface area contributed by atoms with Gasteiger partial charge in [0, 0.05) is 12.6 Å². The zero-order valence-corrected chi connectivity index (χ0v) is 13.9. The van der Waals surface area contributed by atoms with Gasteiger partial charge in [0.05, 0.1) is 5.38 Å². The molecule has 1 heterocycles. The fourth-order valence-corrected chi connectivity index (χ4v) is 3.40. The molecule has 1 fully saturated rings. The van der Waals surface area contributed by atoms with Gasteiger partial charge in [-0.3, -0.25) is 4.90 Å². The van der Waals surface area contributed by atoms with Gasteiger partial charge >= 0.3 is 0 Å². The summed E-state index contributed by atoms with van der Waals surface area (Å²) in [6, 6.07) is 9.59. The van der Waals surface area contributed by atoms with E-state index in [0.717, 1.165) is 13.0 Å². The van der Waals surface area contributed by atoms with Gasteiger partial charge in [0.25, 0.3) is 0 Å². The van der Waals surface area contributed by atoms with Crippen LogP contribution in [0.3, 0.4) is 0 Å². The Morgan fingerprint density at radius 3 is 2.50 bits per heavy atom. The first-order valence-electron chi connectivity index (χ1n) is 8.03. The van der Waals surface area contributed by atoms with E-state index in [1.165, 1.54) is 36.9 Å². The topological polar surface area (TPSA) is 3.24 Å². The molecule has 0 radical (unpaired) electrons. The minimum absolute atomic E-state index is 0.114. The Morgan fingerprint density at radius 1 is 1.20 bits per heavy atom. The molecule has 1 nitrogen and oxygen atoms in total. The molecule has 0 aliphatic carbocycles. The second-order valence-electron chi connectivity index (χ2n) is 6.65. The molecule has 1 saturated heterocycles. The van der Waals surface area contributed by atoms with Gasteiger partial charge in [0.1, 0.15) is 0 Å². The van der Waals surface area contributed by atoms with E-state index in [1.807, 2.05) is 0 Å². The molecule has 1 aliphatic rings. The van der Waals surface area contributed by atoms with Crippen LogP contribution in [0.4, 0.5) is 0 Å². The molecule has 0 N–H and O–H groups in total. The third-order valence-corrected chi connectivity index (χ3v) is 4.71. The minimum Gasteiger partial charge on any atom is -0.299 e. The van der Waals surface area contributed by atoms with Gasteiger partial charge in [-0.2, -0.15) is 0 Å². The lowest BCUT2D eigenvalue weighted by Gasteiger charge is -2.34. The molecule has 0 aromatic heterocycles. The average molecular weight is 294 g/mol. The summed E-state index contributed by atoms with van der Waals surface area (Å²) in [5.41, 5.74) is 2.68. The number of rotatable bonds is 5. The molecule has 2 unspecified atom stereocenters. The standard InChI is InChI=1S/C18H28ClN/c1-14(2)12-16-7-9-17(10-8-16)18(19)13-20-11-5-4-6-15(20)3/h7-10,14-15,18H,4-6,11-13H2,1-3H3. The van der Waals surface area contributed by atoms with Crippen molar-refractivity contribution in [1.29, 1.82) is 0 Å². The largest absolute Gasteiger partial charge is 0.299 e. The SMILES string of the molecule is CC(C)Cc1ccc(C(Cl)CN2CCCCC2C)cc1. The Hall–Kier alpha value is -0.530. The van der Waals surface area contributed by atoms with Crippen molar-refractivity contribution in [3.05, 3.63) is 35.4 Å². The summed E-state index contributed by atoms with van der Waals surface area (Å²) >= 11 is 6.62. The van der Waals surface area contributed by atoms with Crippen molar-refractivity contribution in [1.82, 2.24) is 4.90 Å². The second-order valence-corrected chi connectivity index (χ2v) is 7.17. The Kier molecular flexibility index (Phi) is 5.92. The first-order valence-corrected chi connectivity index (χ1v) is 8.47. The lowest BCUT2D eigenvalue weighted by molar-refractivity contribution is 0.161. The maximum Gasteiger partial charge on any atom is 0.0712 e. The molecule has 2 atom stereocenters. The molecular formula is C18H28ClN. The Morgan fingerprint density at radius 2 is 1.90 bits per heavy atom. The van der Waals surface area contributed by atoms with Gasteiger partial charge < -0.3 is 0 Å². The second kappa shape index (κ2) is 7.47. The normalized spacial score (nSPS) is 22.1. The predicted molar refractivity (Wildman–Crippen MR) is 88.5 cm³/mol. The van der Waals surface area contributed by atoms with Crippen LogP contribution >= 0.6 is 11.6 Å². The molecule has 0 spiro atoms. The molecule has 112 valence electrons. The van der Waals surface area contributed by atoms with Crippen LogP contribution in [0.5, 0.6) is 0 Å². The Balaban J connectivity index is 1.93. The smallest absolute Gasteiger partial charge is 0.0712 e. The van der Waals surface area contributed by atoms with Crippen LogP contribution in [-0.4, -0.2) is 24.0 Å². The fourth-order valence-electron chi connectivity index (χ4n) is 3.07. The zero-order chi connectivity index (χ0) is 14.5. The summed E-state index contributed by atoms with van der Waals surface area (Å²) in [4.78, 5) is 2.54. The molecule has 2 heteroatoms. The molecular weight excluding hydrogens is 266 g/mol. The van der Waals surface area contributed by atoms with Crippen LogP contribution in [0.25, 0.3) is 0 Å². The lowest BCUT2D eigenvalue weighted by Crippen LogP contribution is -2.39. The van der Waals surface area contributed by atoms with Crippen molar-refractivity contribution in [3.8, 4) is 0 Å². The number of nitrogens with zero attached hydrogens (tertiary/aromatic N) is 1. The summed E-state index contributed by atoms with van der Waals surface area (Å²) < 4.78 is 0. The van der Waals surface area contributed by atoms with Crippen molar-refractivity contribution in [2.45, 2.75) is 57.9 Å². The van der Waals surface area contributed by atoms with Gasteiger partial charge in [-0.05, 0) is 49.8 Å².